The lowest BCUT2D eigenvalue weighted by Crippen LogP contribution is -2.41. The van der Waals surface area contributed by atoms with Gasteiger partial charge in [-0.15, -0.1) is 0 Å². The average molecular weight is 407 g/mol. The highest BCUT2D eigenvalue weighted by Gasteiger charge is 2.14. The molecule has 0 saturated heterocycles. The first-order valence-corrected chi connectivity index (χ1v) is 8.41. The van der Waals surface area contributed by atoms with E-state index in [1.807, 2.05) is 13.8 Å². The Bertz CT molecular complexity index is 777. The van der Waals surface area contributed by atoms with Crippen LogP contribution < -0.4 is 20.3 Å². The van der Waals surface area contributed by atoms with Crippen molar-refractivity contribution in [2.24, 2.45) is 0 Å². The van der Waals surface area contributed by atoms with E-state index in [1.54, 1.807) is 42.5 Å². The number of amides is 2. The summed E-state index contributed by atoms with van der Waals surface area (Å²) in [5.74, 6) is 0.104. The highest BCUT2D eigenvalue weighted by molar-refractivity contribution is 9.10. The van der Waals surface area contributed by atoms with E-state index in [1.165, 1.54) is 7.11 Å². The SMILES string of the molecule is COc1cc(C(=O)NNC(=O)c2ccccc2Br)ccc1OC(C)C. The van der Waals surface area contributed by atoms with Crippen LogP contribution in [0.3, 0.4) is 0 Å². The molecular weight excluding hydrogens is 388 g/mol. The van der Waals surface area contributed by atoms with Gasteiger partial charge in [0.15, 0.2) is 11.5 Å². The molecular formula is C18H19BrN2O4. The Balaban J connectivity index is 2.06. The summed E-state index contributed by atoms with van der Waals surface area (Å²) in [4.78, 5) is 24.3. The van der Waals surface area contributed by atoms with Gasteiger partial charge in [0.25, 0.3) is 11.8 Å². The number of nitrogens with one attached hydrogen (secondary N) is 2. The normalized spacial score (nSPS) is 10.3. The Labute approximate surface area is 154 Å². The highest BCUT2D eigenvalue weighted by Crippen LogP contribution is 2.28. The molecule has 2 rings (SSSR count). The largest absolute Gasteiger partial charge is 0.493 e. The Hall–Kier alpha value is -2.54. The second kappa shape index (κ2) is 8.53. The third kappa shape index (κ3) is 4.96. The maximum absolute atomic E-state index is 12.2. The first-order chi connectivity index (χ1) is 11.9. The molecule has 7 heteroatoms. The molecule has 0 aliphatic heterocycles. The number of rotatable bonds is 5. The molecule has 6 nitrogen and oxygen atoms in total. The molecule has 0 fully saturated rings. The Kier molecular flexibility index (Phi) is 6.41. The van der Waals surface area contributed by atoms with Crippen molar-refractivity contribution in [3.63, 3.8) is 0 Å². The summed E-state index contributed by atoms with van der Waals surface area (Å²) in [6.45, 7) is 3.80. The zero-order chi connectivity index (χ0) is 18.4. The van der Waals surface area contributed by atoms with Crippen LogP contribution in [0, 0.1) is 0 Å². The smallest absolute Gasteiger partial charge is 0.270 e. The van der Waals surface area contributed by atoms with Crippen LogP contribution in [-0.4, -0.2) is 25.0 Å². The number of halogens is 1. The van der Waals surface area contributed by atoms with Gasteiger partial charge < -0.3 is 9.47 Å². The molecule has 0 heterocycles. The van der Waals surface area contributed by atoms with Gasteiger partial charge >= 0.3 is 0 Å². The summed E-state index contributed by atoms with van der Waals surface area (Å²) in [6.07, 6.45) is -0.0165. The molecule has 0 unspecified atom stereocenters. The lowest BCUT2D eigenvalue weighted by atomic mass is 10.2. The lowest BCUT2D eigenvalue weighted by molar-refractivity contribution is 0.0846. The molecule has 2 amide bonds. The maximum Gasteiger partial charge on any atom is 0.270 e. The summed E-state index contributed by atoms with van der Waals surface area (Å²) in [7, 11) is 1.50. The predicted octanol–water partition coefficient (Wildman–Crippen LogP) is 3.32. The molecule has 0 atom stereocenters. The molecule has 0 aliphatic rings. The van der Waals surface area contributed by atoms with Crippen LogP contribution >= 0.6 is 15.9 Å². The molecule has 0 spiro atoms. The number of ether oxygens (including phenoxy) is 2. The van der Waals surface area contributed by atoms with E-state index in [9.17, 15) is 9.59 Å². The number of carbonyl (C=O) groups excluding carboxylic acids is 2. The molecule has 0 bridgehead atoms. The maximum atomic E-state index is 12.2. The van der Waals surface area contributed by atoms with Crippen LogP contribution in [-0.2, 0) is 0 Å². The summed E-state index contributed by atoms with van der Waals surface area (Å²) in [6, 6.07) is 11.7. The molecule has 2 aromatic carbocycles. The van der Waals surface area contributed by atoms with E-state index in [4.69, 9.17) is 9.47 Å². The second-order valence-electron chi connectivity index (χ2n) is 5.42. The average Bonchev–Trinajstić information content (AvgIpc) is 2.59. The van der Waals surface area contributed by atoms with Crippen LogP contribution in [0.2, 0.25) is 0 Å². The van der Waals surface area contributed by atoms with Gasteiger partial charge in [-0.25, -0.2) is 0 Å². The molecule has 2 aromatic rings. The number of hydrazine groups is 1. The molecule has 0 aliphatic carbocycles. The van der Waals surface area contributed by atoms with Crippen molar-refractivity contribution in [1.29, 1.82) is 0 Å². The van der Waals surface area contributed by atoms with E-state index in [0.29, 0.717) is 27.1 Å². The monoisotopic (exact) mass is 406 g/mol. The Morgan fingerprint density at radius 2 is 1.68 bits per heavy atom. The van der Waals surface area contributed by atoms with E-state index < -0.39 is 11.8 Å². The summed E-state index contributed by atoms with van der Waals surface area (Å²) < 4.78 is 11.5. The molecule has 0 radical (unpaired) electrons. The first-order valence-electron chi connectivity index (χ1n) is 7.62. The second-order valence-corrected chi connectivity index (χ2v) is 6.27. The summed E-state index contributed by atoms with van der Waals surface area (Å²) >= 11 is 3.29. The van der Waals surface area contributed by atoms with Gasteiger partial charge in [0.05, 0.1) is 18.8 Å². The van der Waals surface area contributed by atoms with Crippen molar-refractivity contribution in [3.8, 4) is 11.5 Å². The highest BCUT2D eigenvalue weighted by atomic mass is 79.9. The van der Waals surface area contributed by atoms with E-state index in [-0.39, 0.29) is 6.10 Å². The fraction of sp³-hybridized carbons (Fsp3) is 0.222. The van der Waals surface area contributed by atoms with Crippen molar-refractivity contribution in [2.75, 3.05) is 7.11 Å². The first kappa shape index (κ1) is 18.8. The van der Waals surface area contributed by atoms with Crippen molar-refractivity contribution in [2.45, 2.75) is 20.0 Å². The van der Waals surface area contributed by atoms with Gasteiger partial charge in [-0.1, -0.05) is 12.1 Å². The summed E-state index contributed by atoms with van der Waals surface area (Å²) in [5, 5.41) is 0. The van der Waals surface area contributed by atoms with E-state index in [0.717, 1.165) is 0 Å². The topological polar surface area (TPSA) is 76.7 Å². The van der Waals surface area contributed by atoms with Crippen LogP contribution in [0.15, 0.2) is 46.9 Å². The quantitative estimate of drug-likeness (QED) is 0.746. The van der Waals surface area contributed by atoms with Gasteiger partial charge in [-0.2, -0.15) is 0 Å². The number of hydrogen-bond acceptors (Lipinski definition) is 4. The van der Waals surface area contributed by atoms with Crippen LogP contribution in [0.25, 0.3) is 0 Å². The van der Waals surface area contributed by atoms with E-state index in [2.05, 4.69) is 26.8 Å². The molecule has 2 N–H and O–H groups in total. The van der Waals surface area contributed by atoms with Crippen molar-refractivity contribution >= 4 is 27.7 Å². The Morgan fingerprint density at radius 3 is 2.32 bits per heavy atom. The number of carbonyl (C=O) groups is 2. The fourth-order valence-corrected chi connectivity index (χ4v) is 2.52. The van der Waals surface area contributed by atoms with Gasteiger partial charge in [-0.3, -0.25) is 20.4 Å². The van der Waals surface area contributed by atoms with Crippen molar-refractivity contribution in [3.05, 3.63) is 58.1 Å². The zero-order valence-corrected chi connectivity index (χ0v) is 15.7. The lowest BCUT2D eigenvalue weighted by Gasteiger charge is -2.14. The third-order valence-electron chi connectivity index (χ3n) is 3.20. The minimum absolute atomic E-state index is 0.0165. The summed E-state index contributed by atoms with van der Waals surface area (Å²) in [5.41, 5.74) is 5.51. The van der Waals surface area contributed by atoms with Crippen LogP contribution in [0.4, 0.5) is 0 Å². The molecule has 132 valence electrons. The number of methoxy groups -OCH3 is 1. The number of benzene rings is 2. The van der Waals surface area contributed by atoms with E-state index >= 15 is 0 Å². The van der Waals surface area contributed by atoms with Gasteiger partial charge in [0, 0.05) is 10.0 Å². The predicted molar refractivity (Wildman–Crippen MR) is 97.8 cm³/mol. The minimum Gasteiger partial charge on any atom is -0.493 e. The van der Waals surface area contributed by atoms with Gasteiger partial charge in [0.2, 0.25) is 0 Å². The van der Waals surface area contributed by atoms with Crippen molar-refractivity contribution < 1.29 is 19.1 Å². The number of hydrogen-bond donors (Lipinski definition) is 2. The standard InChI is InChI=1S/C18H19BrN2O4/c1-11(2)25-15-9-8-12(10-16(15)24-3)17(22)20-21-18(23)13-6-4-5-7-14(13)19/h4-11H,1-3H3,(H,20,22)(H,21,23). The van der Waals surface area contributed by atoms with Crippen LogP contribution in [0.1, 0.15) is 34.6 Å². The van der Waals surface area contributed by atoms with Crippen LogP contribution in [0.5, 0.6) is 11.5 Å². The molecule has 0 aromatic heterocycles. The Morgan fingerprint density at radius 1 is 1.00 bits per heavy atom. The molecule has 0 saturated carbocycles. The van der Waals surface area contributed by atoms with Crippen molar-refractivity contribution in [1.82, 2.24) is 10.9 Å². The fourth-order valence-electron chi connectivity index (χ4n) is 2.06. The van der Waals surface area contributed by atoms with Gasteiger partial charge in [-0.05, 0) is 60.1 Å². The zero-order valence-electron chi connectivity index (χ0n) is 14.1. The minimum atomic E-state index is -0.463. The third-order valence-corrected chi connectivity index (χ3v) is 3.89. The van der Waals surface area contributed by atoms with Gasteiger partial charge in [0.1, 0.15) is 0 Å². The molecule has 25 heavy (non-hydrogen) atoms.